The average molecular weight is 220 g/mol. The topological polar surface area (TPSA) is 20.2 Å². The van der Waals surface area contributed by atoms with Gasteiger partial charge in [-0.05, 0) is 42.1 Å². The van der Waals surface area contributed by atoms with Crippen molar-refractivity contribution < 1.29 is 5.11 Å². The first-order valence-electron chi connectivity index (χ1n) is 6.52. The van der Waals surface area contributed by atoms with Crippen molar-refractivity contribution in [1.82, 2.24) is 0 Å². The number of aliphatic hydroxyl groups is 1. The Morgan fingerprint density at radius 3 is 2.75 bits per heavy atom. The van der Waals surface area contributed by atoms with Gasteiger partial charge in [0.25, 0.3) is 0 Å². The van der Waals surface area contributed by atoms with Crippen LogP contribution in [0.2, 0.25) is 0 Å². The predicted octanol–water partition coefficient (Wildman–Crippen LogP) is 3.70. The molecule has 2 rings (SSSR count). The van der Waals surface area contributed by atoms with Gasteiger partial charge in [-0.25, -0.2) is 0 Å². The fourth-order valence-electron chi connectivity index (χ4n) is 3.35. The number of rotatable bonds is 1. The third-order valence-electron chi connectivity index (χ3n) is 4.32. The maximum absolute atomic E-state index is 9.91. The van der Waals surface area contributed by atoms with Crippen molar-refractivity contribution in [2.45, 2.75) is 53.1 Å². The zero-order valence-corrected chi connectivity index (χ0v) is 11.0. The zero-order chi connectivity index (χ0) is 11.9. The third-order valence-corrected chi connectivity index (χ3v) is 4.32. The lowest BCUT2D eigenvalue weighted by Crippen LogP contribution is -2.36. The van der Waals surface area contributed by atoms with Gasteiger partial charge >= 0.3 is 0 Å². The van der Waals surface area contributed by atoms with E-state index in [0.717, 1.165) is 19.3 Å². The van der Waals surface area contributed by atoms with Crippen molar-refractivity contribution in [3.63, 3.8) is 0 Å². The highest BCUT2D eigenvalue weighted by Gasteiger charge is 2.40. The number of aliphatic hydroxyl groups excluding tert-OH is 1. The molecule has 0 saturated heterocycles. The average Bonchev–Trinajstić information content (AvgIpc) is 2.15. The summed E-state index contributed by atoms with van der Waals surface area (Å²) in [4.78, 5) is 0. The molecule has 0 aromatic heterocycles. The van der Waals surface area contributed by atoms with Gasteiger partial charge in [0.1, 0.15) is 0 Å². The minimum absolute atomic E-state index is 0.105. The van der Waals surface area contributed by atoms with Crippen molar-refractivity contribution in [2.75, 3.05) is 0 Å². The number of hydrogen-bond acceptors (Lipinski definition) is 1. The molecule has 0 aromatic rings. The summed E-state index contributed by atoms with van der Waals surface area (Å²) < 4.78 is 0. The lowest BCUT2D eigenvalue weighted by atomic mass is 9.62. The Morgan fingerprint density at radius 2 is 2.12 bits per heavy atom. The van der Waals surface area contributed by atoms with E-state index in [-0.39, 0.29) is 11.5 Å². The van der Waals surface area contributed by atoms with Crippen LogP contribution in [0.15, 0.2) is 23.3 Å². The molecular weight excluding hydrogens is 196 g/mol. The predicted molar refractivity (Wildman–Crippen MR) is 68.1 cm³/mol. The molecule has 90 valence electrons. The monoisotopic (exact) mass is 220 g/mol. The molecule has 0 aromatic carbocycles. The molecule has 16 heavy (non-hydrogen) atoms. The van der Waals surface area contributed by atoms with E-state index >= 15 is 0 Å². The first-order valence-corrected chi connectivity index (χ1v) is 6.52. The first-order chi connectivity index (χ1) is 7.42. The van der Waals surface area contributed by atoms with Crippen LogP contribution in [0, 0.1) is 17.3 Å². The van der Waals surface area contributed by atoms with Crippen LogP contribution in [0.3, 0.4) is 0 Å². The van der Waals surface area contributed by atoms with Gasteiger partial charge in [0.15, 0.2) is 0 Å². The van der Waals surface area contributed by atoms with E-state index in [0.29, 0.717) is 11.8 Å². The smallest absolute Gasteiger partial charge is 0.0554 e. The molecule has 1 nitrogen and oxygen atoms in total. The molecule has 0 spiro atoms. The van der Waals surface area contributed by atoms with Crippen LogP contribution in [0.4, 0.5) is 0 Å². The second-order valence-corrected chi connectivity index (χ2v) is 6.22. The van der Waals surface area contributed by atoms with Gasteiger partial charge in [0.05, 0.1) is 6.10 Å². The molecule has 2 aliphatic carbocycles. The Hall–Kier alpha value is -0.560. The SMILES string of the molecule is CC(C)C1=CC[C@@]2(C)C[C@@H](O)C[C@H](C)C2=C1. The molecule has 1 heteroatoms. The van der Waals surface area contributed by atoms with Crippen LogP contribution in [-0.2, 0) is 0 Å². The number of fused-ring (bicyclic) bond motifs is 1. The second-order valence-electron chi connectivity index (χ2n) is 6.22. The molecule has 3 atom stereocenters. The molecule has 0 unspecified atom stereocenters. The summed E-state index contributed by atoms with van der Waals surface area (Å²) in [7, 11) is 0. The molecule has 1 fully saturated rings. The largest absolute Gasteiger partial charge is 0.393 e. The van der Waals surface area contributed by atoms with Crippen LogP contribution < -0.4 is 0 Å². The van der Waals surface area contributed by atoms with Crippen molar-refractivity contribution in [3.8, 4) is 0 Å². The Bertz CT molecular complexity index is 337. The summed E-state index contributed by atoms with van der Waals surface area (Å²) in [5.41, 5.74) is 3.27. The highest BCUT2D eigenvalue weighted by atomic mass is 16.3. The normalized spacial score (nSPS) is 39.1. The molecule has 0 heterocycles. The van der Waals surface area contributed by atoms with Gasteiger partial charge < -0.3 is 5.11 Å². The number of allylic oxidation sites excluding steroid dienone is 4. The minimum atomic E-state index is -0.105. The molecule has 1 N–H and O–H groups in total. The number of hydrogen-bond donors (Lipinski definition) is 1. The lowest BCUT2D eigenvalue weighted by Gasteiger charge is -2.44. The molecule has 0 bridgehead atoms. The summed E-state index contributed by atoms with van der Waals surface area (Å²) in [6.07, 6.45) is 7.65. The van der Waals surface area contributed by atoms with Crippen molar-refractivity contribution >= 4 is 0 Å². The summed E-state index contributed by atoms with van der Waals surface area (Å²) in [6.45, 7) is 9.09. The van der Waals surface area contributed by atoms with Gasteiger partial charge in [-0.15, -0.1) is 0 Å². The zero-order valence-electron chi connectivity index (χ0n) is 11.0. The van der Waals surface area contributed by atoms with Crippen LogP contribution in [0.25, 0.3) is 0 Å². The van der Waals surface area contributed by atoms with Gasteiger partial charge in [0, 0.05) is 0 Å². The van der Waals surface area contributed by atoms with E-state index in [1.165, 1.54) is 5.57 Å². The maximum Gasteiger partial charge on any atom is 0.0554 e. The summed E-state index contributed by atoms with van der Waals surface area (Å²) >= 11 is 0. The molecule has 1 saturated carbocycles. The molecular formula is C15H24O. The third kappa shape index (κ3) is 1.98. The highest BCUT2D eigenvalue weighted by Crippen LogP contribution is 2.49. The Kier molecular flexibility index (Phi) is 3.00. The van der Waals surface area contributed by atoms with Gasteiger partial charge in [-0.3, -0.25) is 0 Å². The van der Waals surface area contributed by atoms with E-state index in [2.05, 4.69) is 39.8 Å². The molecule has 0 aliphatic heterocycles. The quantitative estimate of drug-likeness (QED) is 0.714. The minimum Gasteiger partial charge on any atom is -0.393 e. The van der Waals surface area contributed by atoms with E-state index in [1.54, 1.807) is 5.57 Å². The van der Waals surface area contributed by atoms with Crippen LogP contribution >= 0.6 is 0 Å². The Balaban J connectivity index is 2.31. The summed E-state index contributed by atoms with van der Waals surface area (Å²) in [6, 6.07) is 0. The van der Waals surface area contributed by atoms with Crippen molar-refractivity contribution in [2.24, 2.45) is 17.3 Å². The van der Waals surface area contributed by atoms with E-state index in [1.807, 2.05) is 0 Å². The lowest BCUT2D eigenvalue weighted by molar-refractivity contribution is 0.0694. The van der Waals surface area contributed by atoms with E-state index in [9.17, 15) is 5.11 Å². The summed E-state index contributed by atoms with van der Waals surface area (Å²) in [5.74, 6) is 1.16. The first kappa shape index (κ1) is 11.9. The van der Waals surface area contributed by atoms with Gasteiger partial charge in [-0.2, -0.15) is 0 Å². The van der Waals surface area contributed by atoms with Crippen molar-refractivity contribution in [1.29, 1.82) is 0 Å². The van der Waals surface area contributed by atoms with Crippen LogP contribution in [0.1, 0.15) is 47.0 Å². The standard InChI is InChI=1S/C15H24O/c1-10(2)12-5-6-15(4)9-13(16)7-11(3)14(15)8-12/h5,8,10-11,13,16H,6-7,9H2,1-4H3/t11-,13-,15-/m0/s1. The Labute approximate surface area is 99.3 Å². The molecule has 0 amide bonds. The van der Waals surface area contributed by atoms with Crippen molar-refractivity contribution in [3.05, 3.63) is 23.3 Å². The Morgan fingerprint density at radius 1 is 1.44 bits per heavy atom. The van der Waals surface area contributed by atoms with E-state index < -0.39 is 0 Å². The molecule has 2 aliphatic rings. The van der Waals surface area contributed by atoms with Crippen LogP contribution in [0.5, 0.6) is 0 Å². The van der Waals surface area contributed by atoms with Crippen LogP contribution in [-0.4, -0.2) is 11.2 Å². The van der Waals surface area contributed by atoms with Gasteiger partial charge in [-0.1, -0.05) is 45.4 Å². The fourth-order valence-corrected chi connectivity index (χ4v) is 3.35. The highest BCUT2D eigenvalue weighted by molar-refractivity contribution is 5.36. The molecule has 0 radical (unpaired) electrons. The van der Waals surface area contributed by atoms with E-state index in [4.69, 9.17) is 0 Å². The maximum atomic E-state index is 9.91. The fraction of sp³-hybridized carbons (Fsp3) is 0.733. The second kappa shape index (κ2) is 4.03. The summed E-state index contributed by atoms with van der Waals surface area (Å²) in [5, 5.41) is 9.91. The van der Waals surface area contributed by atoms with Gasteiger partial charge in [0.2, 0.25) is 0 Å².